The van der Waals surface area contributed by atoms with E-state index in [1.807, 2.05) is 26.2 Å². The first kappa shape index (κ1) is 15.2. The van der Waals surface area contributed by atoms with E-state index < -0.39 is 0 Å². The molecule has 2 aromatic heterocycles. The molecule has 0 fully saturated rings. The van der Waals surface area contributed by atoms with Crippen LogP contribution in [0.25, 0.3) is 0 Å². The van der Waals surface area contributed by atoms with Gasteiger partial charge in [-0.3, -0.25) is 14.7 Å². The van der Waals surface area contributed by atoms with Gasteiger partial charge in [-0.1, -0.05) is 26.8 Å². The van der Waals surface area contributed by atoms with Gasteiger partial charge < -0.3 is 10.6 Å². The molecule has 0 radical (unpaired) electrons. The number of rotatable bonds is 4. The van der Waals surface area contributed by atoms with E-state index in [4.69, 9.17) is 0 Å². The number of hydrogen-bond acceptors (Lipinski definition) is 4. The number of thiophene rings is 1. The van der Waals surface area contributed by atoms with Gasteiger partial charge in [0.25, 0.3) is 5.91 Å². The maximum absolute atomic E-state index is 11.8. The second-order valence-corrected chi connectivity index (χ2v) is 6.57. The van der Waals surface area contributed by atoms with Crippen molar-refractivity contribution in [3.8, 4) is 0 Å². The smallest absolute Gasteiger partial charge is 0.261 e. The summed E-state index contributed by atoms with van der Waals surface area (Å²) in [6.45, 7) is 6.06. The Hall–Kier alpha value is -2.15. The summed E-state index contributed by atoms with van der Waals surface area (Å²) in [6, 6.07) is 5.29. The number of nitrogens with one attached hydrogen (secondary N) is 3. The molecule has 3 N–H and O–H groups in total. The molecule has 21 heavy (non-hydrogen) atoms. The number of amides is 2. The number of aromatic amines is 1. The van der Waals surface area contributed by atoms with Crippen LogP contribution in [-0.2, 0) is 10.2 Å². The first-order valence-corrected chi connectivity index (χ1v) is 7.41. The Kier molecular flexibility index (Phi) is 4.42. The van der Waals surface area contributed by atoms with Crippen LogP contribution < -0.4 is 10.6 Å². The van der Waals surface area contributed by atoms with Gasteiger partial charge in [-0.15, -0.1) is 11.3 Å². The summed E-state index contributed by atoms with van der Waals surface area (Å²) in [7, 11) is 0. The number of nitrogens with zero attached hydrogens (tertiary/aromatic N) is 1. The molecule has 0 atom stereocenters. The normalized spacial score (nSPS) is 11.2. The molecule has 6 nitrogen and oxygen atoms in total. The molecule has 2 aromatic rings. The standard InChI is InChI=1S/C14H18N4O2S/c1-14(2,3)10-7-11(18-17-10)16-12(19)8-15-13(20)9-5-4-6-21-9/h4-7H,8H2,1-3H3,(H,15,20)(H2,16,17,18,19). The average Bonchev–Trinajstić information content (AvgIpc) is 3.05. The summed E-state index contributed by atoms with van der Waals surface area (Å²) in [4.78, 5) is 24.0. The van der Waals surface area contributed by atoms with Crippen LogP contribution in [0.5, 0.6) is 0 Å². The van der Waals surface area contributed by atoms with Gasteiger partial charge in [0, 0.05) is 17.2 Å². The van der Waals surface area contributed by atoms with Crippen LogP contribution >= 0.6 is 11.3 Å². The molecule has 0 spiro atoms. The lowest BCUT2D eigenvalue weighted by Crippen LogP contribution is -2.32. The van der Waals surface area contributed by atoms with E-state index in [2.05, 4.69) is 20.8 Å². The number of H-pyrrole nitrogens is 1. The summed E-state index contributed by atoms with van der Waals surface area (Å²) in [6.07, 6.45) is 0. The third-order valence-corrected chi connectivity index (χ3v) is 3.68. The van der Waals surface area contributed by atoms with Gasteiger partial charge >= 0.3 is 0 Å². The summed E-state index contributed by atoms with van der Waals surface area (Å²) < 4.78 is 0. The fourth-order valence-corrected chi connectivity index (χ4v) is 2.25. The highest BCUT2D eigenvalue weighted by molar-refractivity contribution is 7.12. The molecule has 112 valence electrons. The van der Waals surface area contributed by atoms with Crippen molar-refractivity contribution in [1.29, 1.82) is 0 Å². The molecule has 2 heterocycles. The molecular weight excluding hydrogens is 288 g/mol. The first-order valence-electron chi connectivity index (χ1n) is 6.54. The molecular formula is C14H18N4O2S. The highest BCUT2D eigenvalue weighted by Crippen LogP contribution is 2.21. The van der Waals surface area contributed by atoms with E-state index in [1.54, 1.807) is 18.2 Å². The molecule has 0 saturated heterocycles. The van der Waals surface area contributed by atoms with E-state index >= 15 is 0 Å². The largest absolute Gasteiger partial charge is 0.342 e. The minimum atomic E-state index is -0.313. The van der Waals surface area contributed by atoms with E-state index in [0.717, 1.165) is 5.69 Å². The predicted molar refractivity (Wildman–Crippen MR) is 82.6 cm³/mol. The van der Waals surface area contributed by atoms with Crippen LogP contribution in [0, 0.1) is 0 Å². The molecule has 0 unspecified atom stereocenters. The lowest BCUT2D eigenvalue weighted by atomic mass is 9.92. The van der Waals surface area contributed by atoms with E-state index in [-0.39, 0.29) is 23.8 Å². The lowest BCUT2D eigenvalue weighted by Gasteiger charge is -2.14. The number of aromatic nitrogens is 2. The monoisotopic (exact) mass is 306 g/mol. The lowest BCUT2D eigenvalue weighted by molar-refractivity contribution is -0.115. The molecule has 0 aliphatic heterocycles. The SMILES string of the molecule is CC(C)(C)c1cc(NC(=O)CNC(=O)c2cccs2)n[nH]1. The van der Waals surface area contributed by atoms with E-state index in [9.17, 15) is 9.59 Å². The van der Waals surface area contributed by atoms with Crippen molar-refractivity contribution >= 4 is 29.0 Å². The minimum absolute atomic E-state index is 0.0661. The molecule has 0 aliphatic rings. The van der Waals surface area contributed by atoms with Gasteiger partial charge in [-0.2, -0.15) is 5.10 Å². The van der Waals surface area contributed by atoms with E-state index in [1.165, 1.54) is 11.3 Å². The maximum atomic E-state index is 11.8. The Labute approximate surface area is 127 Å². The van der Waals surface area contributed by atoms with E-state index in [0.29, 0.717) is 10.7 Å². The molecule has 0 bridgehead atoms. The second kappa shape index (κ2) is 6.09. The first-order chi connectivity index (χ1) is 9.86. The molecule has 2 amide bonds. The van der Waals surface area contributed by atoms with Crippen molar-refractivity contribution in [2.45, 2.75) is 26.2 Å². The quantitative estimate of drug-likeness (QED) is 0.808. The molecule has 0 aliphatic carbocycles. The van der Waals surface area contributed by atoms with Gasteiger partial charge in [0.05, 0.1) is 11.4 Å². The summed E-state index contributed by atoms with van der Waals surface area (Å²) in [5.74, 6) is -0.111. The van der Waals surface area contributed by atoms with Crippen molar-refractivity contribution in [3.05, 3.63) is 34.2 Å². The zero-order chi connectivity index (χ0) is 15.5. The molecule has 2 rings (SSSR count). The maximum Gasteiger partial charge on any atom is 0.261 e. The Morgan fingerprint density at radius 1 is 1.38 bits per heavy atom. The van der Waals surface area contributed by atoms with Crippen LogP contribution in [0.3, 0.4) is 0 Å². The van der Waals surface area contributed by atoms with Gasteiger partial charge in [-0.05, 0) is 11.4 Å². The number of hydrogen-bond donors (Lipinski definition) is 3. The molecule has 0 saturated carbocycles. The Balaban J connectivity index is 1.85. The van der Waals surface area contributed by atoms with Crippen molar-refractivity contribution in [1.82, 2.24) is 15.5 Å². The Morgan fingerprint density at radius 2 is 2.14 bits per heavy atom. The zero-order valence-corrected chi connectivity index (χ0v) is 13.0. The van der Waals surface area contributed by atoms with Crippen molar-refractivity contribution < 1.29 is 9.59 Å². The topological polar surface area (TPSA) is 86.9 Å². The third kappa shape index (κ3) is 4.16. The van der Waals surface area contributed by atoms with Crippen LogP contribution in [0.4, 0.5) is 5.82 Å². The average molecular weight is 306 g/mol. The molecule has 0 aromatic carbocycles. The third-order valence-electron chi connectivity index (χ3n) is 2.81. The van der Waals surface area contributed by atoms with Crippen LogP contribution in [0.1, 0.15) is 36.1 Å². The number of carbonyl (C=O) groups excluding carboxylic acids is 2. The highest BCUT2D eigenvalue weighted by atomic mass is 32.1. The number of carbonyl (C=O) groups is 2. The summed E-state index contributed by atoms with van der Waals surface area (Å²) >= 11 is 1.33. The predicted octanol–water partition coefficient (Wildman–Crippen LogP) is 2.14. The highest BCUT2D eigenvalue weighted by Gasteiger charge is 2.17. The van der Waals surface area contributed by atoms with Crippen molar-refractivity contribution in [2.75, 3.05) is 11.9 Å². The minimum Gasteiger partial charge on any atom is -0.342 e. The second-order valence-electron chi connectivity index (χ2n) is 5.63. The van der Waals surface area contributed by atoms with Crippen LogP contribution in [-0.4, -0.2) is 28.6 Å². The fraction of sp³-hybridized carbons (Fsp3) is 0.357. The van der Waals surface area contributed by atoms with Crippen molar-refractivity contribution in [2.24, 2.45) is 0 Å². The van der Waals surface area contributed by atoms with Gasteiger partial charge in [-0.25, -0.2) is 0 Å². The fourth-order valence-electron chi connectivity index (χ4n) is 1.61. The zero-order valence-electron chi connectivity index (χ0n) is 12.2. The van der Waals surface area contributed by atoms with Gasteiger partial charge in [0.2, 0.25) is 5.91 Å². The van der Waals surface area contributed by atoms with Gasteiger partial charge in [0.1, 0.15) is 0 Å². The summed E-state index contributed by atoms with van der Waals surface area (Å²) in [5, 5.41) is 13.9. The summed E-state index contributed by atoms with van der Waals surface area (Å²) in [5.41, 5.74) is 0.865. The van der Waals surface area contributed by atoms with Crippen LogP contribution in [0.2, 0.25) is 0 Å². The molecule has 7 heteroatoms. The number of anilines is 1. The van der Waals surface area contributed by atoms with Crippen LogP contribution in [0.15, 0.2) is 23.6 Å². The Morgan fingerprint density at radius 3 is 2.71 bits per heavy atom. The van der Waals surface area contributed by atoms with Gasteiger partial charge in [0.15, 0.2) is 5.82 Å². The van der Waals surface area contributed by atoms with Crippen molar-refractivity contribution in [3.63, 3.8) is 0 Å². The Bertz CT molecular complexity index is 626.